The van der Waals surface area contributed by atoms with Gasteiger partial charge in [0, 0.05) is 6.04 Å². The van der Waals surface area contributed by atoms with Gasteiger partial charge >= 0.3 is 5.97 Å². The predicted molar refractivity (Wildman–Crippen MR) is 71.2 cm³/mol. The van der Waals surface area contributed by atoms with Crippen molar-refractivity contribution >= 4 is 5.97 Å². The van der Waals surface area contributed by atoms with Gasteiger partial charge in [-0.05, 0) is 31.4 Å². The summed E-state index contributed by atoms with van der Waals surface area (Å²) >= 11 is 0. The minimum Gasteiger partial charge on any atom is -0.468 e. The van der Waals surface area contributed by atoms with Gasteiger partial charge in [-0.3, -0.25) is 10.1 Å². The van der Waals surface area contributed by atoms with Crippen LogP contribution >= 0.6 is 0 Å². The van der Waals surface area contributed by atoms with Gasteiger partial charge in [-0.15, -0.1) is 0 Å². The van der Waals surface area contributed by atoms with Gasteiger partial charge in [0.05, 0.1) is 19.1 Å². The molecule has 1 aliphatic heterocycles. The highest BCUT2D eigenvalue weighted by molar-refractivity contribution is 5.81. The maximum Gasteiger partial charge on any atom is 0.325 e. The summed E-state index contributed by atoms with van der Waals surface area (Å²) in [4.78, 5) is 11.9. The topological polar surface area (TPSA) is 62.1 Å². The van der Waals surface area contributed by atoms with E-state index in [9.17, 15) is 10.1 Å². The van der Waals surface area contributed by atoms with E-state index in [-0.39, 0.29) is 17.9 Å². The Morgan fingerprint density at radius 3 is 2.79 bits per heavy atom. The second kappa shape index (κ2) is 5.02. The SMILES string of the molecule is COC(=O)[C@]1(C)C[C@H](C#N)[C@H](c2ccccc2C)N1. The second-order valence-corrected chi connectivity index (χ2v) is 5.24. The lowest BCUT2D eigenvalue weighted by Gasteiger charge is -2.23. The van der Waals surface area contributed by atoms with Crippen LogP contribution < -0.4 is 5.32 Å². The Kier molecular flexibility index (Phi) is 3.59. The Morgan fingerprint density at radius 1 is 1.53 bits per heavy atom. The normalized spacial score (nSPS) is 29.8. The van der Waals surface area contributed by atoms with Crippen molar-refractivity contribution in [3.05, 3.63) is 35.4 Å². The van der Waals surface area contributed by atoms with Gasteiger partial charge in [-0.1, -0.05) is 24.3 Å². The van der Waals surface area contributed by atoms with Gasteiger partial charge < -0.3 is 4.74 Å². The standard InChI is InChI=1S/C15H18N2O2/c1-10-6-4-5-7-12(10)13-11(9-16)8-15(2,17-13)14(18)19-3/h4-7,11,13,17H,8H2,1-3H3/t11-,13-,15+/m1/s1. The van der Waals surface area contributed by atoms with E-state index >= 15 is 0 Å². The minimum absolute atomic E-state index is 0.129. The van der Waals surface area contributed by atoms with Crippen LogP contribution in [0.15, 0.2) is 24.3 Å². The highest BCUT2D eigenvalue weighted by Gasteiger charge is 2.48. The van der Waals surface area contributed by atoms with Crippen molar-refractivity contribution < 1.29 is 9.53 Å². The summed E-state index contributed by atoms with van der Waals surface area (Å²) in [7, 11) is 1.37. The number of hydrogen-bond donors (Lipinski definition) is 1. The van der Waals surface area contributed by atoms with E-state index in [0.29, 0.717) is 6.42 Å². The smallest absolute Gasteiger partial charge is 0.325 e. The van der Waals surface area contributed by atoms with Crippen LogP contribution in [0.4, 0.5) is 0 Å². The summed E-state index contributed by atoms with van der Waals surface area (Å²) in [5, 5.41) is 12.6. The van der Waals surface area contributed by atoms with Gasteiger partial charge in [0.15, 0.2) is 0 Å². The number of nitrogens with zero attached hydrogens (tertiary/aromatic N) is 1. The fourth-order valence-corrected chi connectivity index (χ4v) is 2.78. The lowest BCUT2D eigenvalue weighted by Crippen LogP contribution is -2.46. The van der Waals surface area contributed by atoms with E-state index in [1.54, 1.807) is 6.92 Å². The molecule has 0 amide bonds. The van der Waals surface area contributed by atoms with Gasteiger partial charge in [0.1, 0.15) is 5.54 Å². The summed E-state index contributed by atoms with van der Waals surface area (Å²) in [6.07, 6.45) is 0.467. The number of benzene rings is 1. The molecule has 0 aromatic heterocycles. The van der Waals surface area contributed by atoms with Crippen molar-refractivity contribution in [1.82, 2.24) is 5.32 Å². The zero-order valence-electron chi connectivity index (χ0n) is 11.4. The van der Waals surface area contributed by atoms with Gasteiger partial charge in [-0.25, -0.2) is 0 Å². The van der Waals surface area contributed by atoms with E-state index in [2.05, 4.69) is 11.4 Å². The molecule has 2 rings (SSSR count). The third kappa shape index (κ3) is 2.34. The number of hydrogen-bond acceptors (Lipinski definition) is 4. The summed E-state index contributed by atoms with van der Waals surface area (Å²) in [6, 6.07) is 10.1. The number of nitrogens with one attached hydrogen (secondary N) is 1. The van der Waals surface area contributed by atoms with Crippen LogP contribution in [0.3, 0.4) is 0 Å². The minimum atomic E-state index is -0.790. The zero-order valence-corrected chi connectivity index (χ0v) is 11.4. The van der Waals surface area contributed by atoms with Crippen molar-refractivity contribution in [2.45, 2.75) is 31.8 Å². The molecule has 1 saturated heterocycles. The summed E-state index contributed by atoms with van der Waals surface area (Å²) < 4.78 is 4.83. The predicted octanol–water partition coefficient (Wildman–Crippen LogP) is 2.10. The first-order valence-corrected chi connectivity index (χ1v) is 6.33. The monoisotopic (exact) mass is 258 g/mol. The van der Waals surface area contributed by atoms with Gasteiger partial charge in [0.25, 0.3) is 0 Å². The fourth-order valence-electron chi connectivity index (χ4n) is 2.78. The quantitative estimate of drug-likeness (QED) is 0.825. The molecule has 100 valence electrons. The lowest BCUT2D eigenvalue weighted by molar-refractivity contribution is -0.147. The van der Waals surface area contributed by atoms with E-state index in [4.69, 9.17) is 4.74 Å². The highest BCUT2D eigenvalue weighted by atomic mass is 16.5. The van der Waals surface area contributed by atoms with Crippen LogP contribution in [-0.4, -0.2) is 18.6 Å². The molecule has 0 aliphatic carbocycles. The van der Waals surface area contributed by atoms with Gasteiger partial charge in [0.2, 0.25) is 0 Å². The number of methoxy groups -OCH3 is 1. The maximum absolute atomic E-state index is 11.9. The molecule has 4 heteroatoms. The molecule has 1 aromatic rings. The van der Waals surface area contributed by atoms with Crippen molar-refractivity contribution in [2.24, 2.45) is 5.92 Å². The Bertz CT molecular complexity index is 535. The average Bonchev–Trinajstić information content (AvgIpc) is 2.77. The van der Waals surface area contributed by atoms with Crippen LogP contribution in [0.1, 0.15) is 30.5 Å². The van der Waals surface area contributed by atoms with Crippen molar-refractivity contribution in [1.29, 1.82) is 5.26 Å². The zero-order chi connectivity index (χ0) is 14.0. The largest absolute Gasteiger partial charge is 0.468 e. The molecule has 1 fully saturated rings. The molecule has 0 bridgehead atoms. The number of carbonyl (C=O) groups is 1. The molecule has 3 atom stereocenters. The highest BCUT2D eigenvalue weighted by Crippen LogP contribution is 2.39. The van der Waals surface area contributed by atoms with Gasteiger partial charge in [-0.2, -0.15) is 5.26 Å². The average molecular weight is 258 g/mol. The van der Waals surface area contributed by atoms with Crippen LogP contribution in [0.2, 0.25) is 0 Å². The van der Waals surface area contributed by atoms with Crippen LogP contribution in [0, 0.1) is 24.2 Å². The summed E-state index contributed by atoms with van der Waals surface area (Å²) in [5.74, 6) is -0.547. The number of ether oxygens (including phenoxy) is 1. The Hall–Kier alpha value is -1.86. The Labute approximate surface area is 113 Å². The summed E-state index contributed by atoms with van der Waals surface area (Å²) in [6.45, 7) is 3.81. The first kappa shape index (κ1) is 13.6. The first-order chi connectivity index (χ1) is 9.01. The molecule has 0 radical (unpaired) electrons. The number of rotatable bonds is 2. The van der Waals surface area contributed by atoms with E-state index < -0.39 is 5.54 Å². The molecule has 1 heterocycles. The van der Waals surface area contributed by atoms with E-state index in [1.165, 1.54) is 7.11 Å². The second-order valence-electron chi connectivity index (χ2n) is 5.24. The lowest BCUT2D eigenvalue weighted by atomic mass is 9.90. The Balaban J connectivity index is 2.35. The molecule has 1 aliphatic rings. The number of esters is 1. The molecule has 0 saturated carbocycles. The molecule has 0 spiro atoms. The van der Waals surface area contributed by atoms with Crippen molar-refractivity contribution in [3.8, 4) is 6.07 Å². The van der Waals surface area contributed by atoms with Crippen molar-refractivity contribution in [2.75, 3.05) is 7.11 Å². The Morgan fingerprint density at radius 2 is 2.21 bits per heavy atom. The third-order valence-corrected chi connectivity index (χ3v) is 3.83. The molecule has 1 aromatic carbocycles. The number of carbonyl (C=O) groups excluding carboxylic acids is 1. The first-order valence-electron chi connectivity index (χ1n) is 6.33. The van der Waals surface area contributed by atoms with E-state index in [0.717, 1.165) is 11.1 Å². The number of aryl methyl sites for hydroxylation is 1. The molecular weight excluding hydrogens is 240 g/mol. The fraction of sp³-hybridized carbons (Fsp3) is 0.467. The van der Waals surface area contributed by atoms with Crippen LogP contribution in [-0.2, 0) is 9.53 Å². The van der Waals surface area contributed by atoms with Crippen LogP contribution in [0.5, 0.6) is 0 Å². The maximum atomic E-state index is 11.9. The third-order valence-electron chi connectivity index (χ3n) is 3.83. The molecule has 0 unspecified atom stereocenters. The van der Waals surface area contributed by atoms with Crippen LogP contribution in [0.25, 0.3) is 0 Å². The molecule has 19 heavy (non-hydrogen) atoms. The molecular formula is C15H18N2O2. The molecule has 4 nitrogen and oxygen atoms in total. The number of nitriles is 1. The van der Waals surface area contributed by atoms with Crippen molar-refractivity contribution in [3.63, 3.8) is 0 Å². The summed E-state index contributed by atoms with van der Waals surface area (Å²) in [5.41, 5.74) is 1.40. The molecule has 1 N–H and O–H groups in total. The van der Waals surface area contributed by atoms with E-state index in [1.807, 2.05) is 31.2 Å².